The Morgan fingerprint density at radius 3 is 2.22 bits per heavy atom. The Hall–Kier alpha value is -0.530. The van der Waals surface area contributed by atoms with Crippen molar-refractivity contribution in [2.24, 2.45) is 28.6 Å². The Morgan fingerprint density at radius 1 is 1.17 bits per heavy atom. The molecule has 0 heterocycles. The molecule has 0 aliphatic heterocycles. The third kappa shape index (κ3) is 1.71. The van der Waals surface area contributed by atoms with Crippen molar-refractivity contribution < 1.29 is 9.53 Å². The summed E-state index contributed by atoms with van der Waals surface area (Å²) < 4.78 is 5.83. The van der Waals surface area contributed by atoms with E-state index in [-0.39, 0.29) is 17.5 Å². The average Bonchev–Trinajstić information content (AvgIpc) is 2.63. The molecule has 0 aromatic carbocycles. The number of hydrogen-bond acceptors (Lipinski definition) is 2. The molecular weight excluding hydrogens is 224 g/mol. The zero-order valence-corrected chi connectivity index (χ0v) is 12.2. The Morgan fingerprint density at radius 2 is 1.72 bits per heavy atom. The number of rotatable bonds is 2. The van der Waals surface area contributed by atoms with Gasteiger partial charge in [0, 0.05) is 5.41 Å². The lowest BCUT2D eigenvalue weighted by molar-refractivity contribution is -0.166. The van der Waals surface area contributed by atoms with Crippen LogP contribution >= 0.6 is 0 Å². The summed E-state index contributed by atoms with van der Waals surface area (Å²) in [7, 11) is 0. The Bertz CT molecular complexity index is 352. The maximum absolute atomic E-state index is 12.1. The molecular formula is C16H26O2. The fourth-order valence-corrected chi connectivity index (χ4v) is 4.98. The van der Waals surface area contributed by atoms with Crippen molar-refractivity contribution in [3.63, 3.8) is 0 Å². The fourth-order valence-electron chi connectivity index (χ4n) is 4.98. The number of carbonyl (C=O) groups excluding carboxylic acids is 1. The largest absolute Gasteiger partial charge is 0.462 e. The molecule has 3 unspecified atom stereocenters. The van der Waals surface area contributed by atoms with Crippen molar-refractivity contribution in [2.75, 3.05) is 0 Å². The van der Waals surface area contributed by atoms with Gasteiger partial charge in [0.1, 0.15) is 6.10 Å². The summed E-state index contributed by atoms with van der Waals surface area (Å²) in [5, 5.41) is 0. The molecule has 2 nitrogen and oxygen atoms in total. The smallest absolute Gasteiger partial charge is 0.311 e. The SMILES string of the molecule is CC(OC(=O)C(C)(C)C)C12CC3CC(CC1C3)C2. The minimum atomic E-state index is -0.374. The van der Waals surface area contributed by atoms with E-state index in [4.69, 9.17) is 4.74 Å². The third-order valence-corrected chi connectivity index (χ3v) is 5.76. The van der Waals surface area contributed by atoms with Crippen molar-refractivity contribution in [1.29, 1.82) is 0 Å². The summed E-state index contributed by atoms with van der Waals surface area (Å²) in [6.07, 6.45) is 6.98. The summed E-state index contributed by atoms with van der Waals surface area (Å²) in [6.45, 7) is 7.97. The predicted molar refractivity (Wildman–Crippen MR) is 71.0 cm³/mol. The minimum absolute atomic E-state index is 0.0319. The number of hydrogen-bond donors (Lipinski definition) is 0. The van der Waals surface area contributed by atoms with Gasteiger partial charge in [0.05, 0.1) is 5.41 Å². The van der Waals surface area contributed by atoms with Gasteiger partial charge in [-0.05, 0) is 77.6 Å². The molecule has 102 valence electrons. The molecule has 0 N–H and O–H groups in total. The van der Waals surface area contributed by atoms with E-state index in [1.807, 2.05) is 20.8 Å². The van der Waals surface area contributed by atoms with Crippen molar-refractivity contribution in [1.82, 2.24) is 0 Å². The van der Waals surface area contributed by atoms with Gasteiger partial charge in [-0.1, -0.05) is 0 Å². The Labute approximate surface area is 110 Å². The Kier molecular flexibility index (Phi) is 2.60. The minimum Gasteiger partial charge on any atom is -0.462 e. The van der Waals surface area contributed by atoms with E-state index in [0.717, 1.165) is 17.8 Å². The van der Waals surface area contributed by atoms with Crippen LogP contribution in [0.5, 0.6) is 0 Å². The molecule has 3 atom stereocenters. The molecule has 18 heavy (non-hydrogen) atoms. The second-order valence-corrected chi connectivity index (χ2v) is 8.08. The molecule has 0 spiro atoms. The van der Waals surface area contributed by atoms with Gasteiger partial charge in [0.2, 0.25) is 0 Å². The van der Waals surface area contributed by atoms with Crippen LogP contribution in [0.2, 0.25) is 0 Å². The summed E-state index contributed by atoms with van der Waals surface area (Å²) in [6, 6.07) is 0. The van der Waals surface area contributed by atoms with Crippen molar-refractivity contribution >= 4 is 5.97 Å². The van der Waals surface area contributed by atoms with Crippen LogP contribution in [-0.4, -0.2) is 12.1 Å². The van der Waals surface area contributed by atoms with Gasteiger partial charge < -0.3 is 4.74 Å². The molecule has 4 bridgehead atoms. The molecule has 0 radical (unpaired) electrons. The van der Waals surface area contributed by atoms with Crippen molar-refractivity contribution in [3.8, 4) is 0 Å². The molecule has 4 aliphatic carbocycles. The highest BCUT2D eigenvalue weighted by atomic mass is 16.5. The van der Waals surface area contributed by atoms with Crippen LogP contribution in [0, 0.1) is 28.6 Å². The van der Waals surface area contributed by atoms with E-state index >= 15 is 0 Å². The molecule has 4 rings (SSSR count). The molecule has 2 heteroatoms. The van der Waals surface area contributed by atoms with Crippen LogP contribution in [0.4, 0.5) is 0 Å². The number of carbonyl (C=O) groups is 1. The highest BCUT2D eigenvalue weighted by molar-refractivity contribution is 5.75. The topological polar surface area (TPSA) is 26.3 Å². The van der Waals surface area contributed by atoms with Gasteiger partial charge in [0.15, 0.2) is 0 Å². The zero-order chi connectivity index (χ0) is 13.1. The number of ether oxygens (including phenoxy) is 1. The standard InChI is InChI=1S/C16H26O2/c1-10(18-14(17)15(2,3)4)16-8-11-5-12(9-16)7-13(16)6-11/h10-13H,5-9H2,1-4H3. The molecule has 0 aromatic heterocycles. The van der Waals surface area contributed by atoms with Gasteiger partial charge in [0.25, 0.3) is 0 Å². The molecule has 4 saturated carbocycles. The summed E-state index contributed by atoms with van der Waals surface area (Å²) >= 11 is 0. The molecule has 0 amide bonds. The van der Waals surface area contributed by atoms with Crippen LogP contribution in [0.15, 0.2) is 0 Å². The van der Waals surface area contributed by atoms with Gasteiger partial charge >= 0.3 is 5.97 Å². The van der Waals surface area contributed by atoms with Crippen molar-refractivity contribution in [3.05, 3.63) is 0 Å². The van der Waals surface area contributed by atoms with Crippen LogP contribution in [0.25, 0.3) is 0 Å². The maximum atomic E-state index is 12.1. The first-order valence-corrected chi connectivity index (χ1v) is 7.52. The highest BCUT2D eigenvalue weighted by Gasteiger charge is 2.60. The van der Waals surface area contributed by atoms with Gasteiger partial charge in [-0.3, -0.25) is 4.79 Å². The summed E-state index contributed by atoms with van der Waals surface area (Å²) in [5.41, 5.74) is -0.0327. The first kappa shape index (κ1) is 12.5. The second-order valence-electron chi connectivity index (χ2n) is 8.08. The molecule has 4 aliphatic rings. The molecule has 0 aromatic rings. The Balaban J connectivity index is 1.74. The first-order chi connectivity index (χ1) is 8.31. The van der Waals surface area contributed by atoms with Crippen LogP contribution in [0.1, 0.15) is 59.8 Å². The predicted octanol–water partition coefficient (Wildman–Crippen LogP) is 3.79. The first-order valence-electron chi connectivity index (χ1n) is 7.52. The van der Waals surface area contributed by atoms with Crippen LogP contribution in [0.3, 0.4) is 0 Å². The van der Waals surface area contributed by atoms with E-state index in [1.165, 1.54) is 32.1 Å². The monoisotopic (exact) mass is 250 g/mol. The molecule has 0 saturated heterocycles. The van der Waals surface area contributed by atoms with E-state index in [1.54, 1.807) is 0 Å². The third-order valence-electron chi connectivity index (χ3n) is 5.76. The van der Waals surface area contributed by atoms with Gasteiger partial charge in [-0.15, -0.1) is 0 Å². The van der Waals surface area contributed by atoms with E-state index in [2.05, 4.69) is 6.92 Å². The lowest BCUT2D eigenvalue weighted by Crippen LogP contribution is -2.40. The lowest BCUT2D eigenvalue weighted by atomic mass is 9.72. The van der Waals surface area contributed by atoms with E-state index in [0.29, 0.717) is 5.41 Å². The normalized spacial score (nSPS) is 43.2. The molecule has 4 fully saturated rings. The van der Waals surface area contributed by atoms with Gasteiger partial charge in [-0.2, -0.15) is 0 Å². The van der Waals surface area contributed by atoms with E-state index < -0.39 is 0 Å². The van der Waals surface area contributed by atoms with Crippen molar-refractivity contribution in [2.45, 2.75) is 65.9 Å². The fraction of sp³-hybridized carbons (Fsp3) is 0.938. The summed E-state index contributed by atoms with van der Waals surface area (Å²) in [4.78, 5) is 12.1. The van der Waals surface area contributed by atoms with Crippen LogP contribution < -0.4 is 0 Å². The maximum Gasteiger partial charge on any atom is 0.311 e. The average molecular weight is 250 g/mol. The second kappa shape index (κ2) is 3.74. The van der Waals surface area contributed by atoms with Gasteiger partial charge in [-0.25, -0.2) is 0 Å². The van der Waals surface area contributed by atoms with E-state index in [9.17, 15) is 4.79 Å². The quantitative estimate of drug-likeness (QED) is 0.697. The number of esters is 1. The highest BCUT2D eigenvalue weighted by Crippen LogP contribution is 2.67. The summed E-state index contributed by atoms with van der Waals surface area (Å²) in [5.74, 6) is 2.66. The van der Waals surface area contributed by atoms with Crippen LogP contribution in [-0.2, 0) is 9.53 Å². The lowest BCUT2D eigenvalue weighted by Gasteiger charge is -2.38. The zero-order valence-electron chi connectivity index (χ0n) is 12.2.